The van der Waals surface area contributed by atoms with Gasteiger partial charge in [-0.15, -0.1) is 0 Å². The lowest BCUT2D eigenvalue weighted by atomic mass is 9.99. The minimum absolute atomic E-state index is 0.00541. The van der Waals surface area contributed by atoms with Gasteiger partial charge in [0.2, 0.25) is 0 Å². The predicted octanol–water partition coefficient (Wildman–Crippen LogP) is 2.42. The Bertz CT molecular complexity index is 1030. The number of ether oxygens (including phenoxy) is 4. The van der Waals surface area contributed by atoms with Crippen LogP contribution < -0.4 is 10.6 Å². The first-order valence-electron chi connectivity index (χ1n) is 13.1. The molecule has 2 aromatic rings. The first-order chi connectivity index (χ1) is 18.5. The Hall–Kier alpha value is -3.02. The summed E-state index contributed by atoms with van der Waals surface area (Å²) >= 11 is 0. The maximum atomic E-state index is 12.0. The van der Waals surface area contributed by atoms with Crippen LogP contribution in [0.15, 0.2) is 48.5 Å². The second-order valence-electron chi connectivity index (χ2n) is 9.35. The van der Waals surface area contributed by atoms with Crippen LogP contribution in [0.2, 0.25) is 0 Å². The van der Waals surface area contributed by atoms with E-state index in [-0.39, 0.29) is 32.0 Å². The number of rotatable bonds is 10. The summed E-state index contributed by atoms with van der Waals surface area (Å²) in [4.78, 5) is 25.7. The Balaban J connectivity index is 1.38. The van der Waals surface area contributed by atoms with E-state index in [1.165, 1.54) is 0 Å². The van der Waals surface area contributed by atoms with Crippen LogP contribution in [0.1, 0.15) is 48.0 Å². The van der Waals surface area contributed by atoms with Crippen molar-refractivity contribution in [1.82, 2.24) is 15.5 Å². The molecule has 0 aromatic heterocycles. The highest BCUT2D eigenvalue weighted by Crippen LogP contribution is 2.38. The highest BCUT2D eigenvalue weighted by molar-refractivity contribution is 5.80. The van der Waals surface area contributed by atoms with Crippen molar-refractivity contribution in [2.45, 2.75) is 45.0 Å². The van der Waals surface area contributed by atoms with Gasteiger partial charge in [-0.1, -0.05) is 48.5 Å². The zero-order valence-corrected chi connectivity index (χ0v) is 21.8. The van der Waals surface area contributed by atoms with Gasteiger partial charge in [-0.2, -0.15) is 0 Å². The Kier molecular flexibility index (Phi) is 10.5. The summed E-state index contributed by atoms with van der Waals surface area (Å²) in [5.74, 6) is -0.478. The molecule has 2 aliphatic rings. The summed E-state index contributed by atoms with van der Waals surface area (Å²) in [5.41, 5.74) is 3.71. The van der Waals surface area contributed by atoms with Crippen molar-refractivity contribution < 1.29 is 33.6 Å². The normalized spacial score (nSPS) is 22.0. The highest BCUT2D eigenvalue weighted by Gasteiger charge is 2.33. The van der Waals surface area contributed by atoms with Crippen LogP contribution >= 0.6 is 0 Å². The van der Waals surface area contributed by atoms with E-state index in [0.29, 0.717) is 6.54 Å². The second kappa shape index (κ2) is 14.2. The van der Waals surface area contributed by atoms with Crippen LogP contribution in [-0.4, -0.2) is 74.1 Å². The molecule has 3 unspecified atom stereocenters. The summed E-state index contributed by atoms with van der Waals surface area (Å²) in [6.07, 6.45) is 0.0397. The molecule has 0 aliphatic carbocycles. The first-order valence-corrected chi connectivity index (χ1v) is 13.1. The molecule has 0 spiro atoms. The van der Waals surface area contributed by atoms with Gasteiger partial charge in [0.1, 0.15) is 6.54 Å². The molecule has 2 saturated heterocycles. The number of carbonyl (C=O) groups excluding carboxylic acids is 2. The smallest absolute Gasteiger partial charge is 0.325 e. The molecular weight excluding hydrogens is 490 g/mol. The van der Waals surface area contributed by atoms with Crippen LogP contribution in [0.25, 0.3) is 0 Å². The molecule has 0 bridgehead atoms. The molecular formula is C28H37N3O7. The van der Waals surface area contributed by atoms with E-state index in [0.717, 1.165) is 61.5 Å². The van der Waals surface area contributed by atoms with Gasteiger partial charge in [0, 0.05) is 38.2 Å². The van der Waals surface area contributed by atoms with Crippen molar-refractivity contribution in [2.75, 3.05) is 46.0 Å². The summed E-state index contributed by atoms with van der Waals surface area (Å²) in [7, 11) is 0. The molecule has 2 aromatic carbocycles. The Morgan fingerprint density at radius 3 is 2.34 bits per heavy atom. The average Bonchev–Trinajstić information content (AvgIpc) is 2.96. The van der Waals surface area contributed by atoms with E-state index in [2.05, 4.69) is 15.5 Å². The Morgan fingerprint density at radius 1 is 0.974 bits per heavy atom. The van der Waals surface area contributed by atoms with E-state index in [1.807, 2.05) is 48.5 Å². The zero-order valence-electron chi connectivity index (χ0n) is 21.8. The fraction of sp³-hybridized carbons (Fsp3) is 0.500. The summed E-state index contributed by atoms with van der Waals surface area (Å²) < 4.78 is 23.1. The van der Waals surface area contributed by atoms with Crippen molar-refractivity contribution in [3.63, 3.8) is 0 Å². The van der Waals surface area contributed by atoms with Crippen LogP contribution in [-0.2, 0) is 36.9 Å². The predicted molar refractivity (Wildman–Crippen MR) is 139 cm³/mol. The quantitative estimate of drug-likeness (QED) is 0.403. The van der Waals surface area contributed by atoms with E-state index in [9.17, 15) is 14.7 Å². The minimum Gasteiger partial charge on any atom is -0.465 e. The van der Waals surface area contributed by atoms with Crippen LogP contribution in [0.3, 0.4) is 0 Å². The highest BCUT2D eigenvalue weighted by atomic mass is 16.7. The molecule has 2 aliphatic heterocycles. The Labute approximate surface area is 223 Å². The first kappa shape index (κ1) is 28.0. The summed E-state index contributed by atoms with van der Waals surface area (Å²) in [5, 5.41) is 14.6. The van der Waals surface area contributed by atoms with E-state index < -0.39 is 18.3 Å². The molecule has 0 radical (unpaired) electrons. The number of benzene rings is 2. The number of urea groups is 1. The third kappa shape index (κ3) is 8.24. The van der Waals surface area contributed by atoms with Gasteiger partial charge in [0.05, 0.1) is 38.6 Å². The third-order valence-corrected chi connectivity index (χ3v) is 6.58. The van der Waals surface area contributed by atoms with Gasteiger partial charge in [-0.3, -0.25) is 9.69 Å². The number of esters is 1. The molecule has 10 nitrogen and oxygen atoms in total. The second-order valence-corrected chi connectivity index (χ2v) is 9.35. The molecule has 10 heteroatoms. The maximum Gasteiger partial charge on any atom is 0.325 e. The largest absolute Gasteiger partial charge is 0.465 e. The molecule has 2 amide bonds. The van der Waals surface area contributed by atoms with Gasteiger partial charge in [-0.05, 0) is 23.6 Å². The van der Waals surface area contributed by atoms with Gasteiger partial charge in [0.15, 0.2) is 6.29 Å². The summed E-state index contributed by atoms with van der Waals surface area (Å²) in [6, 6.07) is 15.1. The zero-order chi connectivity index (χ0) is 26.7. The van der Waals surface area contributed by atoms with Crippen molar-refractivity contribution in [3.8, 4) is 0 Å². The molecule has 3 N–H and O–H groups in total. The number of morpholine rings is 1. The van der Waals surface area contributed by atoms with E-state index in [4.69, 9.17) is 18.9 Å². The van der Waals surface area contributed by atoms with Crippen molar-refractivity contribution in [3.05, 3.63) is 70.8 Å². The molecule has 2 fully saturated rings. The molecule has 206 valence electrons. The van der Waals surface area contributed by atoms with Gasteiger partial charge < -0.3 is 34.7 Å². The standard InChI is InChI=1S/C28H37N3O7/c1-2-36-26(33)17-30-28(34)29-16-20-3-9-23(10-4-20)27-37-24(18-31-11-13-35-14-12-31)15-25(38-27)22-7-5-21(19-32)6-8-22/h3-10,24-25,27,32H,2,11-19H2,1H3,(H2,29,30,34). The van der Waals surface area contributed by atoms with Crippen LogP contribution in [0, 0.1) is 0 Å². The lowest BCUT2D eigenvalue weighted by molar-refractivity contribution is -0.253. The van der Waals surface area contributed by atoms with Crippen molar-refractivity contribution >= 4 is 12.0 Å². The lowest BCUT2D eigenvalue weighted by Gasteiger charge is -2.39. The van der Waals surface area contributed by atoms with Crippen LogP contribution in [0.4, 0.5) is 4.79 Å². The van der Waals surface area contributed by atoms with E-state index in [1.54, 1.807) is 6.92 Å². The number of carbonyl (C=O) groups is 2. The molecule has 4 rings (SSSR count). The third-order valence-electron chi connectivity index (χ3n) is 6.58. The SMILES string of the molecule is CCOC(=O)CNC(=O)NCc1ccc(C2OC(CN3CCOCC3)CC(c3ccc(CO)cc3)O2)cc1. The lowest BCUT2D eigenvalue weighted by Crippen LogP contribution is -2.44. The summed E-state index contributed by atoms with van der Waals surface area (Å²) in [6.45, 7) is 6.16. The van der Waals surface area contributed by atoms with Crippen molar-refractivity contribution in [1.29, 1.82) is 0 Å². The number of aliphatic hydroxyl groups is 1. The van der Waals surface area contributed by atoms with Crippen molar-refractivity contribution in [2.24, 2.45) is 0 Å². The fourth-order valence-electron chi connectivity index (χ4n) is 4.51. The molecule has 0 saturated carbocycles. The number of hydrogen-bond acceptors (Lipinski definition) is 8. The molecule has 38 heavy (non-hydrogen) atoms. The van der Waals surface area contributed by atoms with Gasteiger partial charge in [-0.25, -0.2) is 4.79 Å². The number of amides is 2. The molecule has 2 heterocycles. The monoisotopic (exact) mass is 527 g/mol. The number of nitrogens with zero attached hydrogens (tertiary/aromatic N) is 1. The van der Waals surface area contributed by atoms with Crippen LogP contribution in [0.5, 0.6) is 0 Å². The molecule has 3 atom stereocenters. The Morgan fingerprint density at radius 2 is 1.66 bits per heavy atom. The number of nitrogens with one attached hydrogen (secondary N) is 2. The minimum atomic E-state index is -0.535. The van der Waals surface area contributed by atoms with E-state index >= 15 is 0 Å². The average molecular weight is 528 g/mol. The van der Waals surface area contributed by atoms with Gasteiger partial charge >= 0.3 is 12.0 Å². The maximum absolute atomic E-state index is 12.0. The topological polar surface area (TPSA) is 119 Å². The number of aliphatic hydroxyl groups excluding tert-OH is 1. The van der Waals surface area contributed by atoms with Gasteiger partial charge in [0.25, 0.3) is 0 Å². The number of hydrogen-bond donors (Lipinski definition) is 3. The fourth-order valence-corrected chi connectivity index (χ4v) is 4.51.